The highest BCUT2D eigenvalue weighted by Crippen LogP contribution is 2.28. The van der Waals surface area contributed by atoms with Crippen molar-refractivity contribution in [3.8, 4) is 11.4 Å². The Morgan fingerprint density at radius 3 is 3.06 bits per heavy atom. The van der Waals surface area contributed by atoms with Gasteiger partial charge in [0, 0.05) is 6.20 Å². The van der Waals surface area contributed by atoms with Crippen molar-refractivity contribution in [3.63, 3.8) is 0 Å². The average Bonchev–Trinajstić information content (AvgIpc) is 2.80. The van der Waals surface area contributed by atoms with Crippen molar-refractivity contribution < 1.29 is 9.53 Å². The topological polar surface area (TPSA) is 31.2 Å². The summed E-state index contributed by atoms with van der Waals surface area (Å²) >= 11 is 0. The predicted molar refractivity (Wildman–Crippen MR) is 65.0 cm³/mol. The Morgan fingerprint density at radius 1 is 1.35 bits per heavy atom. The number of rotatable bonds is 1. The molecule has 1 aliphatic rings. The van der Waals surface area contributed by atoms with E-state index in [1.165, 1.54) is 5.56 Å². The second-order valence-corrected chi connectivity index (χ2v) is 4.13. The van der Waals surface area contributed by atoms with Gasteiger partial charge in [0.25, 0.3) is 0 Å². The van der Waals surface area contributed by atoms with E-state index in [-0.39, 0.29) is 12.4 Å². The fourth-order valence-electron chi connectivity index (χ4n) is 2.13. The number of hydrogen-bond donors (Lipinski definition) is 0. The molecule has 0 bridgehead atoms. The average molecular weight is 227 g/mol. The number of aryl methyl sites for hydroxylation is 1. The molecule has 0 N–H and O–H groups in total. The van der Waals surface area contributed by atoms with Gasteiger partial charge in [-0.1, -0.05) is 13.0 Å². The lowest BCUT2D eigenvalue weighted by molar-refractivity contribution is 0.0921. The largest absolute Gasteiger partial charge is 0.483 e. The molecule has 0 saturated heterocycles. The molecule has 3 heteroatoms. The molecule has 2 aromatic rings. The van der Waals surface area contributed by atoms with Gasteiger partial charge >= 0.3 is 0 Å². The molecule has 0 unspecified atom stereocenters. The first kappa shape index (κ1) is 10.1. The summed E-state index contributed by atoms with van der Waals surface area (Å²) < 4.78 is 7.44. The maximum absolute atomic E-state index is 11.8. The molecule has 1 aromatic heterocycles. The van der Waals surface area contributed by atoms with Crippen molar-refractivity contribution in [2.24, 2.45) is 0 Å². The molecule has 0 atom stereocenters. The van der Waals surface area contributed by atoms with Crippen LogP contribution in [0.15, 0.2) is 36.5 Å². The molecule has 0 amide bonds. The van der Waals surface area contributed by atoms with Gasteiger partial charge in [-0.25, -0.2) is 0 Å². The number of ether oxygens (including phenoxy) is 1. The highest BCUT2D eigenvalue weighted by molar-refractivity contribution is 5.97. The number of Topliss-reactive ketones (excluding diaryl/α,β-unsaturated/α-hetero) is 1. The summed E-state index contributed by atoms with van der Waals surface area (Å²) in [7, 11) is 0. The van der Waals surface area contributed by atoms with Crippen molar-refractivity contribution >= 4 is 5.78 Å². The number of benzene rings is 1. The van der Waals surface area contributed by atoms with Crippen LogP contribution in [-0.4, -0.2) is 17.0 Å². The number of carbonyl (C=O) groups is 1. The minimum absolute atomic E-state index is 0.0178. The Kier molecular flexibility index (Phi) is 2.25. The molecule has 3 nitrogen and oxygen atoms in total. The third-order valence-electron chi connectivity index (χ3n) is 3.08. The second kappa shape index (κ2) is 3.77. The zero-order chi connectivity index (χ0) is 11.8. The van der Waals surface area contributed by atoms with E-state index in [2.05, 4.69) is 13.0 Å². The maximum atomic E-state index is 11.8. The predicted octanol–water partition coefficient (Wildman–Crippen LogP) is 2.61. The van der Waals surface area contributed by atoms with Gasteiger partial charge in [-0.15, -0.1) is 0 Å². The SMILES string of the molecule is CCc1ccc2c(c1)-n1cccc1C(=O)CO2. The van der Waals surface area contributed by atoms with Crippen LogP contribution < -0.4 is 4.74 Å². The van der Waals surface area contributed by atoms with E-state index in [1.54, 1.807) is 0 Å². The molecule has 86 valence electrons. The first-order valence-corrected chi connectivity index (χ1v) is 5.76. The van der Waals surface area contributed by atoms with E-state index < -0.39 is 0 Å². The first-order valence-electron chi connectivity index (χ1n) is 5.76. The van der Waals surface area contributed by atoms with Gasteiger partial charge in [-0.3, -0.25) is 4.79 Å². The Bertz CT molecular complexity index is 584. The fraction of sp³-hybridized carbons (Fsp3) is 0.214. The van der Waals surface area contributed by atoms with Crippen molar-refractivity contribution in [3.05, 3.63) is 47.8 Å². The zero-order valence-corrected chi connectivity index (χ0v) is 9.64. The van der Waals surface area contributed by atoms with Crippen LogP contribution in [0, 0.1) is 0 Å². The van der Waals surface area contributed by atoms with Crippen LogP contribution in [0.5, 0.6) is 5.75 Å². The van der Waals surface area contributed by atoms with Crippen LogP contribution in [0.25, 0.3) is 5.69 Å². The lowest BCUT2D eigenvalue weighted by atomic mass is 10.1. The molecule has 3 rings (SSSR count). The monoisotopic (exact) mass is 227 g/mol. The molecule has 1 aromatic carbocycles. The van der Waals surface area contributed by atoms with Crippen LogP contribution in [-0.2, 0) is 6.42 Å². The van der Waals surface area contributed by atoms with Gasteiger partial charge < -0.3 is 9.30 Å². The first-order chi connectivity index (χ1) is 8.29. The van der Waals surface area contributed by atoms with Crippen molar-refractivity contribution in [1.29, 1.82) is 0 Å². The van der Waals surface area contributed by atoms with Gasteiger partial charge in [0.05, 0.1) is 11.4 Å². The van der Waals surface area contributed by atoms with Crippen LogP contribution in [0.2, 0.25) is 0 Å². The molecule has 1 aliphatic heterocycles. The minimum atomic E-state index is 0.0178. The van der Waals surface area contributed by atoms with Gasteiger partial charge in [-0.2, -0.15) is 0 Å². The van der Waals surface area contributed by atoms with E-state index in [4.69, 9.17) is 4.74 Å². The highest BCUT2D eigenvalue weighted by Gasteiger charge is 2.20. The Balaban J connectivity index is 2.25. The van der Waals surface area contributed by atoms with Gasteiger partial charge in [0.2, 0.25) is 5.78 Å². The summed E-state index contributed by atoms with van der Waals surface area (Å²) in [6.07, 6.45) is 2.87. The second-order valence-electron chi connectivity index (χ2n) is 4.13. The maximum Gasteiger partial charge on any atom is 0.216 e. The fourth-order valence-corrected chi connectivity index (χ4v) is 2.13. The van der Waals surface area contributed by atoms with Crippen LogP contribution in [0.1, 0.15) is 23.0 Å². The van der Waals surface area contributed by atoms with Gasteiger partial charge in [0.1, 0.15) is 5.75 Å². The third-order valence-corrected chi connectivity index (χ3v) is 3.08. The molecule has 2 heterocycles. The summed E-state index contributed by atoms with van der Waals surface area (Å²) in [5, 5.41) is 0. The zero-order valence-electron chi connectivity index (χ0n) is 9.64. The number of hydrogen-bond acceptors (Lipinski definition) is 2. The number of carbonyl (C=O) groups excluding carboxylic acids is 1. The molecule has 17 heavy (non-hydrogen) atoms. The van der Waals surface area contributed by atoms with Crippen molar-refractivity contribution in [1.82, 2.24) is 4.57 Å². The van der Waals surface area contributed by atoms with Crippen LogP contribution in [0.4, 0.5) is 0 Å². The minimum Gasteiger partial charge on any atom is -0.483 e. The van der Waals surface area contributed by atoms with E-state index in [0.29, 0.717) is 5.69 Å². The summed E-state index contributed by atoms with van der Waals surface area (Å²) in [6.45, 7) is 2.23. The summed E-state index contributed by atoms with van der Waals surface area (Å²) in [6, 6.07) is 9.78. The van der Waals surface area contributed by atoms with Crippen LogP contribution in [0.3, 0.4) is 0 Å². The van der Waals surface area contributed by atoms with Crippen molar-refractivity contribution in [2.45, 2.75) is 13.3 Å². The number of fused-ring (bicyclic) bond motifs is 3. The quantitative estimate of drug-likeness (QED) is 0.749. The van der Waals surface area contributed by atoms with E-state index >= 15 is 0 Å². The standard InChI is InChI=1S/C14H13NO2/c1-2-10-5-6-14-12(8-10)15-7-3-4-11(15)13(16)9-17-14/h3-8H,2,9H2,1H3. The molecule has 0 aliphatic carbocycles. The Labute approximate surface area is 99.6 Å². The third kappa shape index (κ3) is 1.55. The molecule has 0 saturated carbocycles. The number of aromatic nitrogens is 1. The van der Waals surface area contributed by atoms with Crippen LogP contribution >= 0.6 is 0 Å². The number of ketones is 1. The van der Waals surface area contributed by atoms with Gasteiger partial charge in [0.15, 0.2) is 6.61 Å². The highest BCUT2D eigenvalue weighted by atomic mass is 16.5. The molecule has 0 fully saturated rings. The summed E-state index contributed by atoms with van der Waals surface area (Å²) in [5.41, 5.74) is 2.88. The Hall–Kier alpha value is -2.03. The molecule has 0 spiro atoms. The molecule has 0 radical (unpaired) electrons. The molecular weight excluding hydrogens is 214 g/mol. The smallest absolute Gasteiger partial charge is 0.216 e. The molecular formula is C14H13NO2. The van der Waals surface area contributed by atoms with E-state index in [9.17, 15) is 4.79 Å². The lowest BCUT2D eigenvalue weighted by Crippen LogP contribution is -2.10. The van der Waals surface area contributed by atoms with Crippen molar-refractivity contribution in [2.75, 3.05) is 6.61 Å². The number of nitrogens with zero attached hydrogens (tertiary/aromatic N) is 1. The Morgan fingerprint density at radius 2 is 2.24 bits per heavy atom. The normalized spacial score (nSPS) is 13.6. The summed E-state index contributed by atoms with van der Waals surface area (Å²) in [4.78, 5) is 11.8. The summed E-state index contributed by atoms with van der Waals surface area (Å²) in [5.74, 6) is 0.787. The van der Waals surface area contributed by atoms with E-state index in [1.807, 2.05) is 35.0 Å². The van der Waals surface area contributed by atoms with E-state index in [0.717, 1.165) is 17.9 Å². The lowest BCUT2D eigenvalue weighted by Gasteiger charge is -2.10. The van der Waals surface area contributed by atoms with Gasteiger partial charge in [-0.05, 0) is 36.2 Å².